The van der Waals surface area contributed by atoms with E-state index >= 15 is 0 Å². The number of likely N-dealkylation sites (tertiary alicyclic amines) is 1. The molecule has 4 heterocycles. The Labute approximate surface area is 142 Å². The van der Waals surface area contributed by atoms with Crippen molar-refractivity contribution in [2.75, 3.05) is 32.8 Å². The fraction of sp³-hybridized carbons (Fsp3) is 0.722. The molecule has 1 aromatic heterocycles. The molecule has 3 atom stereocenters. The van der Waals surface area contributed by atoms with Crippen molar-refractivity contribution in [3.63, 3.8) is 0 Å². The number of fused-ring (bicyclic) bond motifs is 1. The van der Waals surface area contributed by atoms with Crippen molar-refractivity contribution in [1.29, 1.82) is 0 Å². The third-order valence-corrected chi connectivity index (χ3v) is 5.37. The van der Waals surface area contributed by atoms with Gasteiger partial charge in [-0.2, -0.15) is 0 Å². The molecule has 0 aliphatic carbocycles. The highest BCUT2D eigenvalue weighted by molar-refractivity contribution is 5.78. The topological polar surface area (TPSA) is 55.2 Å². The van der Waals surface area contributed by atoms with E-state index in [9.17, 15) is 4.79 Å². The van der Waals surface area contributed by atoms with Crippen LogP contribution in [0.1, 0.15) is 30.8 Å². The van der Waals surface area contributed by atoms with Crippen LogP contribution in [0.4, 0.5) is 0 Å². The maximum atomic E-state index is 12.5. The Balaban J connectivity index is 1.35. The van der Waals surface area contributed by atoms with Crippen molar-refractivity contribution < 1.29 is 18.8 Å². The molecule has 0 N–H and O–H groups in total. The minimum Gasteiger partial charge on any atom is -0.465 e. The Kier molecular flexibility index (Phi) is 4.61. The molecule has 1 aromatic rings. The summed E-state index contributed by atoms with van der Waals surface area (Å²) in [7, 11) is 0. The molecular weight excluding hydrogens is 308 g/mol. The van der Waals surface area contributed by atoms with Gasteiger partial charge >= 0.3 is 0 Å². The summed E-state index contributed by atoms with van der Waals surface area (Å²) >= 11 is 0. The van der Waals surface area contributed by atoms with E-state index in [0.717, 1.165) is 50.4 Å². The molecule has 4 rings (SSSR count). The smallest absolute Gasteiger partial charge is 0.251 e. The largest absolute Gasteiger partial charge is 0.465 e. The third-order valence-electron chi connectivity index (χ3n) is 5.37. The molecule has 0 bridgehead atoms. The Bertz CT molecular complexity index is 581. The van der Waals surface area contributed by atoms with Gasteiger partial charge in [0, 0.05) is 13.1 Å². The molecule has 0 aromatic carbocycles. The summed E-state index contributed by atoms with van der Waals surface area (Å²) in [5.74, 6) is 2.43. The average molecular weight is 334 g/mol. The number of ether oxygens (including phenoxy) is 1. The van der Waals surface area contributed by atoms with E-state index in [4.69, 9.17) is 14.0 Å². The number of hydroxylamine groups is 2. The predicted molar refractivity (Wildman–Crippen MR) is 87.0 cm³/mol. The zero-order valence-corrected chi connectivity index (χ0v) is 14.3. The number of piperidine rings is 1. The maximum Gasteiger partial charge on any atom is 0.251 e. The van der Waals surface area contributed by atoms with Gasteiger partial charge in [-0.05, 0) is 44.2 Å². The fourth-order valence-electron chi connectivity index (χ4n) is 4.14. The maximum absolute atomic E-state index is 12.5. The summed E-state index contributed by atoms with van der Waals surface area (Å²) in [6, 6.07) is 4.06. The van der Waals surface area contributed by atoms with Crippen molar-refractivity contribution in [1.82, 2.24) is 9.96 Å². The zero-order valence-electron chi connectivity index (χ0n) is 14.3. The molecule has 6 nitrogen and oxygen atoms in total. The molecule has 3 fully saturated rings. The monoisotopic (exact) mass is 334 g/mol. The average Bonchev–Trinajstić information content (AvgIpc) is 3.25. The van der Waals surface area contributed by atoms with Gasteiger partial charge < -0.3 is 9.15 Å². The summed E-state index contributed by atoms with van der Waals surface area (Å²) in [5, 5.41) is 1.54. The van der Waals surface area contributed by atoms with E-state index in [2.05, 4.69) is 11.0 Å². The molecule has 6 heteroatoms. The standard InChI is InChI=1S/C18H26N2O4/c1-13-3-4-16(24-13)11-19-7-5-17-14(10-19)9-15(12-22-17)18(21)20-6-2-8-23-20/h3-4,14-15,17H,2,5-12H2,1H3/t14-,15-,17+/m1/s1. The van der Waals surface area contributed by atoms with E-state index in [-0.39, 0.29) is 11.8 Å². The summed E-state index contributed by atoms with van der Waals surface area (Å²) in [6.07, 6.45) is 3.16. The number of furan rings is 1. The molecule has 3 saturated heterocycles. The van der Waals surface area contributed by atoms with Crippen LogP contribution in [0.15, 0.2) is 16.5 Å². The molecule has 132 valence electrons. The summed E-state index contributed by atoms with van der Waals surface area (Å²) in [5.41, 5.74) is 0. The van der Waals surface area contributed by atoms with Crippen LogP contribution >= 0.6 is 0 Å². The lowest BCUT2D eigenvalue weighted by atomic mass is 9.83. The van der Waals surface area contributed by atoms with Crippen LogP contribution in [0.5, 0.6) is 0 Å². The number of nitrogens with zero attached hydrogens (tertiary/aromatic N) is 2. The van der Waals surface area contributed by atoms with Crippen LogP contribution in [0.3, 0.4) is 0 Å². The molecule has 0 spiro atoms. The summed E-state index contributed by atoms with van der Waals surface area (Å²) in [6.45, 7) is 6.71. The molecular formula is C18H26N2O4. The first-order valence-electron chi connectivity index (χ1n) is 9.02. The first-order valence-corrected chi connectivity index (χ1v) is 9.02. The molecule has 3 aliphatic heterocycles. The number of amides is 1. The third kappa shape index (κ3) is 3.36. The Morgan fingerprint density at radius 1 is 1.33 bits per heavy atom. The molecule has 0 radical (unpaired) electrons. The number of aryl methyl sites for hydroxylation is 1. The van der Waals surface area contributed by atoms with Gasteiger partial charge in [0.15, 0.2) is 0 Å². The predicted octanol–water partition coefficient (Wildman–Crippen LogP) is 1.98. The second kappa shape index (κ2) is 6.86. The van der Waals surface area contributed by atoms with Crippen LogP contribution in [0.25, 0.3) is 0 Å². The lowest BCUT2D eigenvalue weighted by Gasteiger charge is -2.43. The van der Waals surface area contributed by atoms with Gasteiger partial charge in [0.2, 0.25) is 0 Å². The number of rotatable bonds is 3. The van der Waals surface area contributed by atoms with Crippen LogP contribution in [-0.2, 0) is 20.9 Å². The van der Waals surface area contributed by atoms with Crippen molar-refractivity contribution in [2.45, 2.75) is 38.8 Å². The first kappa shape index (κ1) is 16.1. The summed E-state index contributed by atoms with van der Waals surface area (Å²) < 4.78 is 11.7. The van der Waals surface area contributed by atoms with E-state index in [1.165, 1.54) is 0 Å². The van der Waals surface area contributed by atoms with Crippen molar-refractivity contribution in [3.05, 3.63) is 23.7 Å². The van der Waals surface area contributed by atoms with Gasteiger partial charge in [-0.25, -0.2) is 5.06 Å². The van der Waals surface area contributed by atoms with Gasteiger partial charge in [0.1, 0.15) is 11.5 Å². The summed E-state index contributed by atoms with van der Waals surface area (Å²) in [4.78, 5) is 20.4. The number of carbonyl (C=O) groups excluding carboxylic acids is 1. The fourth-order valence-corrected chi connectivity index (χ4v) is 4.14. The van der Waals surface area contributed by atoms with Crippen LogP contribution in [0.2, 0.25) is 0 Å². The molecule has 0 unspecified atom stereocenters. The molecule has 24 heavy (non-hydrogen) atoms. The van der Waals surface area contributed by atoms with Crippen molar-refractivity contribution in [2.24, 2.45) is 11.8 Å². The highest BCUT2D eigenvalue weighted by Crippen LogP contribution is 2.33. The van der Waals surface area contributed by atoms with E-state index in [0.29, 0.717) is 31.8 Å². The Hall–Kier alpha value is -1.37. The number of carbonyl (C=O) groups is 1. The molecule has 0 saturated carbocycles. The zero-order chi connectivity index (χ0) is 16.5. The van der Waals surface area contributed by atoms with Crippen molar-refractivity contribution in [3.8, 4) is 0 Å². The lowest BCUT2D eigenvalue weighted by molar-refractivity contribution is -0.183. The second-order valence-corrected chi connectivity index (χ2v) is 7.23. The number of hydrogen-bond donors (Lipinski definition) is 0. The Morgan fingerprint density at radius 2 is 2.25 bits per heavy atom. The number of hydrogen-bond acceptors (Lipinski definition) is 5. The highest BCUT2D eigenvalue weighted by Gasteiger charge is 2.40. The van der Waals surface area contributed by atoms with Crippen LogP contribution in [-0.4, -0.2) is 54.8 Å². The normalized spacial score (nSPS) is 31.2. The Morgan fingerprint density at radius 3 is 3.00 bits per heavy atom. The van der Waals surface area contributed by atoms with Crippen molar-refractivity contribution >= 4 is 5.91 Å². The molecule has 1 amide bonds. The molecule has 3 aliphatic rings. The lowest BCUT2D eigenvalue weighted by Crippen LogP contribution is -2.50. The highest BCUT2D eigenvalue weighted by atomic mass is 16.7. The van der Waals surface area contributed by atoms with E-state index in [1.807, 2.05) is 13.0 Å². The minimum absolute atomic E-state index is 0.0600. The second-order valence-electron chi connectivity index (χ2n) is 7.23. The van der Waals surface area contributed by atoms with Crippen LogP contribution < -0.4 is 0 Å². The van der Waals surface area contributed by atoms with Gasteiger partial charge in [-0.15, -0.1) is 0 Å². The quantitative estimate of drug-likeness (QED) is 0.846. The van der Waals surface area contributed by atoms with Gasteiger partial charge in [0.25, 0.3) is 5.91 Å². The van der Waals surface area contributed by atoms with Gasteiger partial charge in [-0.3, -0.25) is 14.5 Å². The first-order chi connectivity index (χ1) is 11.7. The van der Waals surface area contributed by atoms with Gasteiger partial charge in [-0.1, -0.05) is 0 Å². The van der Waals surface area contributed by atoms with Crippen LogP contribution in [0, 0.1) is 18.8 Å². The SMILES string of the molecule is Cc1ccc(CN2CC[C@@H]3OC[C@H](C(=O)N4CCCO4)C[C@@H]3C2)o1. The van der Waals surface area contributed by atoms with E-state index < -0.39 is 0 Å². The minimum atomic E-state index is -0.0600. The van der Waals surface area contributed by atoms with E-state index in [1.54, 1.807) is 5.06 Å². The van der Waals surface area contributed by atoms with Gasteiger partial charge in [0.05, 0.1) is 38.3 Å².